The van der Waals surface area contributed by atoms with Crippen LogP contribution in [0, 0.1) is 0 Å². The lowest BCUT2D eigenvalue weighted by molar-refractivity contribution is -0.274. The largest absolute Gasteiger partial charge is 0.573 e. The molecule has 8 heteroatoms. The molecule has 0 saturated heterocycles. The molecule has 0 saturated carbocycles. The molecule has 3 rings (SSSR count). The van der Waals surface area contributed by atoms with Crippen LogP contribution in [0.5, 0.6) is 23.0 Å². The van der Waals surface area contributed by atoms with E-state index in [-0.39, 0.29) is 12.3 Å². The second-order valence-electron chi connectivity index (χ2n) is 5.58. The van der Waals surface area contributed by atoms with Crippen molar-refractivity contribution in [3.05, 3.63) is 47.5 Å². The average molecular weight is 369 g/mol. The van der Waals surface area contributed by atoms with Crippen LogP contribution in [-0.2, 0) is 13.1 Å². The first kappa shape index (κ1) is 18.2. The zero-order chi connectivity index (χ0) is 18.6. The van der Waals surface area contributed by atoms with Crippen LogP contribution in [0.2, 0.25) is 0 Å². The molecule has 1 heterocycles. The number of alkyl halides is 3. The summed E-state index contributed by atoms with van der Waals surface area (Å²) in [4.78, 5) is 0. The number of fused-ring (bicyclic) bond motifs is 1. The highest BCUT2D eigenvalue weighted by Gasteiger charge is 2.31. The van der Waals surface area contributed by atoms with Gasteiger partial charge in [-0.05, 0) is 23.8 Å². The van der Waals surface area contributed by atoms with E-state index in [1.54, 1.807) is 18.2 Å². The molecular weight excluding hydrogens is 351 g/mol. The van der Waals surface area contributed by atoms with E-state index in [2.05, 4.69) is 10.1 Å². The maximum absolute atomic E-state index is 12.5. The van der Waals surface area contributed by atoms with Crippen molar-refractivity contribution in [2.24, 2.45) is 0 Å². The first-order valence-electron chi connectivity index (χ1n) is 7.97. The van der Waals surface area contributed by atoms with Gasteiger partial charge in [0.25, 0.3) is 0 Å². The molecule has 1 aliphatic heterocycles. The van der Waals surface area contributed by atoms with Crippen molar-refractivity contribution in [2.45, 2.75) is 19.5 Å². The zero-order valence-electron chi connectivity index (χ0n) is 14.1. The molecule has 0 amide bonds. The molecule has 0 aliphatic carbocycles. The molecule has 0 aromatic heterocycles. The van der Waals surface area contributed by atoms with Crippen molar-refractivity contribution in [3.8, 4) is 23.0 Å². The van der Waals surface area contributed by atoms with E-state index in [4.69, 9.17) is 14.2 Å². The van der Waals surface area contributed by atoms with Gasteiger partial charge in [-0.3, -0.25) is 0 Å². The number of methoxy groups -OCH3 is 1. The monoisotopic (exact) mass is 369 g/mol. The lowest BCUT2D eigenvalue weighted by Gasteiger charge is -2.21. The molecule has 0 atom stereocenters. The van der Waals surface area contributed by atoms with Crippen molar-refractivity contribution in [2.75, 3.05) is 20.3 Å². The molecule has 0 radical (unpaired) electrons. The van der Waals surface area contributed by atoms with E-state index in [1.165, 1.54) is 19.2 Å². The molecule has 0 unspecified atom stereocenters. The summed E-state index contributed by atoms with van der Waals surface area (Å²) in [6.07, 6.45) is -4.72. The van der Waals surface area contributed by atoms with Gasteiger partial charge in [-0.2, -0.15) is 0 Å². The van der Waals surface area contributed by atoms with E-state index in [1.807, 2.05) is 6.07 Å². The van der Waals surface area contributed by atoms with Crippen LogP contribution < -0.4 is 24.3 Å². The standard InChI is InChI=1S/C18H18F3NO4/c1-23-15-8-12(9-16-17(15)25-7-6-24-16)10-22-11-13-4-2-3-5-14(13)26-18(19,20)21/h2-5,8-9,22H,6-7,10-11H2,1H3. The Kier molecular flexibility index (Phi) is 5.41. The minimum Gasteiger partial charge on any atom is -0.493 e. The first-order valence-corrected chi connectivity index (χ1v) is 7.97. The van der Waals surface area contributed by atoms with E-state index >= 15 is 0 Å². The number of nitrogens with one attached hydrogen (secondary N) is 1. The maximum atomic E-state index is 12.5. The Morgan fingerprint density at radius 2 is 1.81 bits per heavy atom. The van der Waals surface area contributed by atoms with Gasteiger partial charge in [0, 0.05) is 18.7 Å². The average Bonchev–Trinajstić information content (AvgIpc) is 2.61. The van der Waals surface area contributed by atoms with Gasteiger partial charge in [-0.15, -0.1) is 13.2 Å². The predicted octanol–water partition coefficient (Wildman–Crippen LogP) is 3.65. The van der Waals surface area contributed by atoms with E-state index in [0.29, 0.717) is 42.6 Å². The summed E-state index contributed by atoms with van der Waals surface area (Å²) >= 11 is 0. The fourth-order valence-electron chi connectivity index (χ4n) is 2.65. The lowest BCUT2D eigenvalue weighted by Crippen LogP contribution is -2.20. The van der Waals surface area contributed by atoms with Crippen LogP contribution in [0.1, 0.15) is 11.1 Å². The van der Waals surface area contributed by atoms with Gasteiger partial charge in [0.1, 0.15) is 19.0 Å². The molecule has 5 nitrogen and oxygen atoms in total. The van der Waals surface area contributed by atoms with Gasteiger partial charge in [0.2, 0.25) is 5.75 Å². The summed E-state index contributed by atoms with van der Waals surface area (Å²) in [5.74, 6) is 1.49. The summed E-state index contributed by atoms with van der Waals surface area (Å²) < 4.78 is 57.9. The number of hydrogen-bond donors (Lipinski definition) is 1. The van der Waals surface area contributed by atoms with Crippen molar-refractivity contribution in [1.29, 1.82) is 0 Å². The Hall–Kier alpha value is -2.61. The van der Waals surface area contributed by atoms with Crippen molar-refractivity contribution >= 4 is 0 Å². The fraction of sp³-hybridized carbons (Fsp3) is 0.333. The Balaban J connectivity index is 1.67. The predicted molar refractivity (Wildman–Crippen MR) is 87.7 cm³/mol. The number of ether oxygens (including phenoxy) is 4. The van der Waals surface area contributed by atoms with E-state index in [9.17, 15) is 13.2 Å². The summed E-state index contributed by atoms with van der Waals surface area (Å²) in [5.41, 5.74) is 1.27. The van der Waals surface area contributed by atoms with Crippen molar-refractivity contribution in [1.82, 2.24) is 5.32 Å². The smallest absolute Gasteiger partial charge is 0.493 e. The topological polar surface area (TPSA) is 49.0 Å². The molecule has 2 aromatic rings. The zero-order valence-corrected chi connectivity index (χ0v) is 14.1. The molecule has 0 fully saturated rings. The number of para-hydroxylation sites is 1. The molecule has 26 heavy (non-hydrogen) atoms. The molecule has 0 spiro atoms. The summed E-state index contributed by atoms with van der Waals surface area (Å²) in [6, 6.07) is 9.65. The first-order chi connectivity index (χ1) is 12.5. The summed E-state index contributed by atoms with van der Waals surface area (Å²) in [6.45, 7) is 1.53. The Morgan fingerprint density at radius 3 is 2.58 bits per heavy atom. The van der Waals surface area contributed by atoms with Crippen LogP contribution in [0.3, 0.4) is 0 Å². The van der Waals surface area contributed by atoms with Crippen LogP contribution in [0.15, 0.2) is 36.4 Å². The van der Waals surface area contributed by atoms with Gasteiger partial charge in [-0.25, -0.2) is 0 Å². The van der Waals surface area contributed by atoms with Crippen LogP contribution in [0.4, 0.5) is 13.2 Å². The molecule has 0 bridgehead atoms. The van der Waals surface area contributed by atoms with E-state index in [0.717, 1.165) is 5.56 Å². The molecule has 2 aromatic carbocycles. The Morgan fingerprint density at radius 1 is 1.04 bits per heavy atom. The van der Waals surface area contributed by atoms with Gasteiger partial charge < -0.3 is 24.3 Å². The SMILES string of the molecule is COc1cc(CNCc2ccccc2OC(F)(F)F)cc2c1OCCO2. The number of halogens is 3. The van der Waals surface area contributed by atoms with Crippen molar-refractivity contribution < 1.29 is 32.1 Å². The minimum absolute atomic E-state index is 0.211. The molecule has 140 valence electrons. The Labute approximate surface area is 148 Å². The molecule has 1 aliphatic rings. The third-order valence-electron chi connectivity index (χ3n) is 3.73. The summed E-state index contributed by atoms with van der Waals surface area (Å²) in [7, 11) is 1.54. The molecular formula is C18H18F3NO4. The van der Waals surface area contributed by atoms with E-state index < -0.39 is 6.36 Å². The highest BCUT2D eigenvalue weighted by atomic mass is 19.4. The maximum Gasteiger partial charge on any atom is 0.573 e. The molecule has 1 N–H and O–H groups in total. The Bertz CT molecular complexity index is 747. The summed E-state index contributed by atoms with van der Waals surface area (Å²) in [5, 5.41) is 3.10. The number of rotatable bonds is 6. The third kappa shape index (κ3) is 4.51. The third-order valence-corrected chi connectivity index (χ3v) is 3.73. The number of hydrogen-bond acceptors (Lipinski definition) is 5. The number of benzene rings is 2. The van der Waals surface area contributed by atoms with Gasteiger partial charge in [-0.1, -0.05) is 18.2 Å². The second kappa shape index (κ2) is 7.74. The second-order valence-corrected chi connectivity index (χ2v) is 5.58. The lowest BCUT2D eigenvalue weighted by atomic mass is 10.1. The van der Waals surface area contributed by atoms with Gasteiger partial charge in [0.05, 0.1) is 7.11 Å². The quantitative estimate of drug-likeness (QED) is 0.842. The highest BCUT2D eigenvalue weighted by Crippen LogP contribution is 2.40. The normalized spacial score (nSPS) is 13.4. The van der Waals surface area contributed by atoms with Gasteiger partial charge >= 0.3 is 6.36 Å². The van der Waals surface area contributed by atoms with Gasteiger partial charge in [0.15, 0.2) is 11.5 Å². The highest BCUT2D eigenvalue weighted by molar-refractivity contribution is 5.54. The van der Waals surface area contributed by atoms with Crippen LogP contribution in [-0.4, -0.2) is 26.7 Å². The van der Waals surface area contributed by atoms with Crippen molar-refractivity contribution in [3.63, 3.8) is 0 Å². The van der Waals surface area contributed by atoms with Crippen LogP contribution >= 0.6 is 0 Å². The van der Waals surface area contributed by atoms with Crippen LogP contribution in [0.25, 0.3) is 0 Å². The fourth-order valence-corrected chi connectivity index (χ4v) is 2.65. The minimum atomic E-state index is -4.72.